The molecule has 0 unspecified atom stereocenters. The number of nitrogens with zero attached hydrogens (tertiary/aromatic N) is 4. The summed E-state index contributed by atoms with van der Waals surface area (Å²) in [6, 6.07) is 5.68. The first-order valence-electron chi connectivity index (χ1n) is 7.32. The molecule has 3 rings (SSSR count). The molecule has 0 aromatic carbocycles. The van der Waals surface area contributed by atoms with E-state index in [9.17, 15) is 10.1 Å². The Kier molecular flexibility index (Phi) is 4.18. The van der Waals surface area contributed by atoms with Crippen LogP contribution in [0.4, 0.5) is 5.13 Å². The first-order chi connectivity index (χ1) is 11.5. The third-order valence-corrected chi connectivity index (χ3v) is 4.54. The second-order valence-corrected chi connectivity index (χ2v) is 6.48. The molecule has 0 bridgehead atoms. The summed E-state index contributed by atoms with van der Waals surface area (Å²) in [5.41, 5.74) is 0.400. The standard InChI is InChI=1S/C16H15N5O2S/c1-9(2)14-19-20-16(24-14)18-13(22)12-10(3)23-15(11(12)8-17)21-6-4-5-7-21/h4-7,9H,1-3H3,(H,18,20,22). The molecule has 0 fully saturated rings. The molecule has 3 heterocycles. The average molecular weight is 341 g/mol. The Morgan fingerprint density at radius 3 is 2.67 bits per heavy atom. The van der Waals surface area contributed by atoms with Crippen LogP contribution in [0, 0.1) is 18.3 Å². The summed E-state index contributed by atoms with van der Waals surface area (Å²) in [4.78, 5) is 12.6. The van der Waals surface area contributed by atoms with Crippen LogP contribution in [-0.2, 0) is 0 Å². The van der Waals surface area contributed by atoms with Gasteiger partial charge in [0.25, 0.3) is 5.91 Å². The van der Waals surface area contributed by atoms with Crippen molar-refractivity contribution < 1.29 is 9.21 Å². The number of hydrogen-bond donors (Lipinski definition) is 1. The highest BCUT2D eigenvalue weighted by atomic mass is 32.1. The van der Waals surface area contributed by atoms with Crippen molar-refractivity contribution in [1.82, 2.24) is 14.8 Å². The molecular weight excluding hydrogens is 326 g/mol. The van der Waals surface area contributed by atoms with Crippen LogP contribution >= 0.6 is 11.3 Å². The summed E-state index contributed by atoms with van der Waals surface area (Å²) in [6.45, 7) is 5.66. The lowest BCUT2D eigenvalue weighted by atomic mass is 10.1. The molecule has 0 saturated heterocycles. The maximum absolute atomic E-state index is 12.6. The summed E-state index contributed by atoms with van der Waals surface area (Å²) in [5.74, 6) is 0.503. The molecule has 122 valence electrons. The Hall–Kier alpha value is -2.92. The van der Waals surface area contributed by atoms with Gasteiger partial charge in [-0.05, 0) is 19.1 Å². The fourth-order valence-electron chi connectivity index (χ4n) is 2.24. The van der Waals surface area contributed by atoms with E-state index >= 15 is 0 Å². The van der Waals surface area contributed by atoms with Gasteiger partial charge in [0.15, 0.2) is 0 Å². The van der Waals surface area contributed by atoms with Gasteiger partial charge in [0.2, 0.25) is 11.0 Å². The fourth-order valence-corrected chi connectivity index (χ4v) is 2.98. The molecule has 0 spiro atoms. The lowest BCUT2D eigenvalue weighted by Crippen LogP contribution is -2.13. The van der Waals surface area contributed by atoms with Gasteiger partial charge in [-0.3, -0.25) is 14.7 Å². The van der Waals surface area contributed by atoms with Gasteiger partial charge in [-0.2, -0.15) is 5.26 Å². The second kappa shape index (κ2) is 6.29. The van der Waals surface area contributed by atoms with Crippen molar-refractivity contribution in [2.45, 2.75) is 26.7 Å². The van der Waals surface area contributed by atoms with Crippen LogP contribution in [0.2, 0.25) is 0 Å². The Morgan fingerprint density at radius 1 is 1.38 bits per heavy atom. The largest absolute Gasteiger partial charge is 0.443 e. The van der Waals surface area contributed by atoms with E-state index in [1.165, 1.54) is 11.3 Å². The molecule has 0 atom stereocenters. The zero-order valence-electron chi connectivity index (χ0n) is 13.4. The van der Waals surface area contributed by atoms with E-state index in [0.29, 0.717) is 16.8 Å². The van der Waals surface area contributed by atoms with Crippen LogP contribution in [0.25, 0.3) is 5.88 Å². The number of nitrogens with one attached hydrogen (secondary N) is 1. The number of aromatic nitrogens is 3. The molecule has 0 saturated carbocycles. The molecule has 0 aliphatic carbocycles. The maximum Gasteiger partial charge on any atom is 0.262 e. The Morgan fingerprint density at radius 2 is 2.08 bits per heavy atom. The van der Waals surface area contributed by atoms with Crippen LogP contribution < -0.4 is 5.32 Å². The van der Waals surface area contributed by atoms with Gasteiger partial charge >= 0.3 is 0 Å². The van der Waals surface area contributed by atoms with Gasteiger partial charge in [-0.1, -0.05) is 25.2 Å². The number of aryl methyl sites for hydroxylation is 1. The van der Waals surface area contributed by atoms with E-state index in [2.05, 4.69) is 21.6 Å². The van der Waals surface area contributed by atoms with Crippen molar-refractivity contribution in [3.05, 3.63) is 46.4 Å². The molecule has 0 aliphatic rings. The molecule has 8 heteroatoms. The Balaban J connectivity index is 1.94. The topological polar surface area (TPSA) is 96.7 Å². The van der Waals surface area contributed by atoms with Gasteiger partial charge in [0.1, 0.15) is 28.0 Å². The number of hydrogen-bond acceptors (Lipinski definition) is 6. The summed E-state index contributed by atoms with van der Waals surface area (Å²) in [6.07, 6.45) is 3.50. The van der Waals surface area contributed by atoms with Crippen LogP contribution in [0.5, 0.6) is 0 Å². The smallest absolute Gasteiger partial charge is 0.262 e. The first-order valence-corrected chi connectivity index (χ1v) is 8.14. The Labute approximate surface area is 142 Å². The van der Waals surface area contributed by atoms with Gasteiger partial charge in [0, 0.05) is 18.3 Å². The molecule has 24 heavy (non-hydrogen) atoms. The number of carbonyl (C=O) groups excluding carboxylic acids is 1. The van der Waals surface area contributed by atoms with Crippen LogP contribution in [0.15, 0.2) is 28.9 Å². The monoisotopic (exact) mass is 341 g/mol. The zero-order chi connectivity index (χ0) is 17.3. The molecule has 1 amide bonds. The van der Waals surface area contributed by atoms with E-state index in [1.54, 1.807) is 23.9 Å². The minimum atomic E-state index is -0.433. The van der Waals surface area contributed by atoms with Crippen molar-refractivity contribution in [2.24, 2.45) is 0 Å². The number of furan rings is 1. The maximum atomic E-state index is 12.6. The van der Waals surface area contributed by atoms with E-state index in [1.807, 2.05) is 26.0 Å². The second-order valence-electron chi connectivity index (χ2n) is 5.47. The minimum absolute atomic E-state index is 0.190. The third kappa shape index (κ3) is 2.81. The van der Waals surface area contributed by atoms with Gasteiger partial charge < -0.3 is 4.42 Å². The predicted octanol–water partition coefficient (Wildman–Crippen LogP) is 3.48. The van der Waals surface area contributed by atoms with Crippen molar-refractivity contribution in [3.8, 4) is 12.0 Å². The first kappa shape index (κ1) is 16.0. The average Bonchev–Trinajstić information content (AvgIpc) is 3.25. The van der Waals surface area contributed by atoms with Gasteiger partial charge in [0.05, 0.1) is 0 Å². The highest BCUT2D eigenvalue weighted by Gasteiger charge is 2.25. The van der Waals surface area contributed by atoms with E-state index in [-0.39, 0.29) is 17.0 Å². The van der Waals surface area contributed by atoms with E-state index in [4.69, 9.17) is 4.42 Å². The zero-order valence-corrected chi connectivity index (χ0v) is 14.2. The molecule has 3 aromatic rings. The van der Waals surface area contributed by atoms with Crippen molar-refractivity contribution >= 4 is 22.4 Å². The lowest BCUT2D eigenvalue weighted by Gasteiger charge is -2.00. The van der Waals surface area contributed by atoms with Crippen LogP contribution in [0.1, 0.15) is 46.5 Å². The predicted molar refractivity (Wildman–Crippen MR) is 89.4 cm³/mol. The number of rotatable bonds is 4. The van der Waals surface area contributed by atoms with Crippen LogP contribution in [0.3, 0.4) is 0 Å². The lowest BCUT2D eigenvalue weighted by molar-refractivity contribution is 0.102. The number of amides is 1. The minimum Gasteiger partial charge on any atom is -0.443 e. The highest BCUT2D eigenvalue weighted by molar-refractivity contribution is 7.15. The highest BCUT2D eigenvalue weighted by Crippen LogP contribution is 2.27. The molecule has 1 N–H and O–H groups in total. The fraction of sp³-hybridized carbons (Fsp3) is 0.250. The van der Waals surface area contributed by atoms with Crippen LogP contribution in [-0.4, -0.2) is 20.7 Å². The van der Waals surface area contributed by atoms with E-state index < -0.39 is 5.91 Å². The van der Waals surface area contributed by atoms with E-state index in [0.717, 1.165) is 5.01 Å². The molecular formula is C16H15N5O2S. The molecule has 3 aromatic heterocycles. The summed E-state index contributed by atoms with van der Waals surface area (Å²) >= 11 is 1.31. The molecule has 0 radical (unpaired) electrons. The SMILES string of the molecule is Cc1oc(-n2cccc2)c(C#N)c1C(=O)Nc1nnc(C(C)C)s1. The molecule has 0 aliphatic heterocycles. The number of anilines is 1. The number of carbonyl (C=O) groups is 1. The van der Waals surface area contributed by atoms with Crippen molar-refractivity contribution in [1.29, 1.82) is 5.26 Å². The van der Waals surface area contributed by atoms with Gasteiger partial charge in [-0.25, -0.2) is 0 Å². The Bertz CT molecular complexity index is 915. The van der Waals surface area contributed by atoms with Crippen molar-refractivity contribution in [2.75, 3.05) is 5.32 Å². The summed E-state index contributed by atoms with van der Waals surface area (Å²) in [5, 5.41) is 21.4. The summed E-state index contributed by atoms with van der Waals surface area (Å²) < 4.78 is 7.29. The number of nitriles is 1. The quantitative estimate of drug-likeness (QED) is 0.783. The molecule has 7 nitrogen and oxygen atoms in total. The third-order valence-electron chi connectivity index (χ3n) is 3.40. The normalized spacial score (nSPS) is 10.8. The van der Waals surface area contributed by atoms with Crippen molar-refractivity contribution in [3.63, 3.8) is 0 Å². The van der Waals surface area contributed by atoms with Gasteiger partial charge in [-0.15, -0.1) is 10.2 Å². The summed E-state index contributed by atoms with van der Waals surface area (Å²) in [7, 11) is 0.